The van der Waals surface area contributed by atoms with Gasteiger partial charge in [-0.1, -0.05) is 24.3 Å². The predicted molar refractivity (Wildman–Crippen MR) is 58.4 cm³/mol. The Morgan fingerprint density at radius 3 is 2.87 bits per heavy atom. The summed E-state index contributed by atoms with van der Waals surface area (Å²) in [5.41, 5.74) is 13.0. The van der Waals surface area contributed by atoms with Crippen molar-refractivity contribution in [2.45, 2.75) is 13.1 Å². The van der Waals surface area contributed by atoms with Crippen molar-refractivity contribution in [1.29, 1.82) is 5.26 Å². The lowest BCUT2D eigenvalue weighted by Crippen LogP contribution is -2.27. The van der Waals surface area contributed by atoms with Crippen LogP contribution in [0.15, 0.2) is 29.3 Å². The first-order valence-electron chi connectivity index (χ1n) is 4.49. The molecule has 5 heteroatoms. The van der Waals surface area contributed by atoms with Gasteiger partial charge in [0.2, 0.25) is 5.96 Å². The Bertz CT molecular complexity index is 391. The third-order valence-corrected chi connectivity index (χ3v) is 1.84. The summed E-state index contributed by atoms with van der Waals surface area (Å²) in [6.45, 7) is 0.942. The Morgan fingerprint density at radius 1 is 1.47 bits per heavy atom. The number of hydrogen-bond acceptors (Lipinski definition) is 3. The van der Waals surface area contributed by atoms with Crippen LogP contribution >= 0.6 is 0 Å². The molecule has 0 atom stereocenters. The highest BCUT2D eigenvalue weighted by Crippen LogP contribution is 2.05. The standard InChI is InChI=1S/C10H13N5/c11-5-8-2-1-3-9(4-8)6-14-10(13)15-7-12/h1-4H,5-6,11H2,(H3,13,14,15). The van der Waals surface area contributed by atoms with E-state index < -0.39 is 0 Å². The molecule has 78 valence electrons. The number of nitriles is 1. The minimum atomic E-state index is 0.121. The maximum absolute atomic E-state index is 8.28. The molecule has 0 spiro atoms. The molecule has 5 N–H and O–H groups in total. The third kappa shape index (κ3) is 3.67. The van der Waals surface area contributed by atoms with Crippen molar-refractivity contribution in [3.8, 4) is 6.19 Å². The van der Waals surface area contributed by atoms with Crippen LogP contribution in [0.5, 0.6) is 0 Å². The van der Waals surface area contributed by atoms with Crippen LogP contribution in [0.2, 0.25) is 0 Å². The van der Waals surface area contributed by atoms with Crippen LogP contribution in [0.1, 0.15) is 11.1 Å². The molecule has 0 radical (unpaired) electrons. The molecule has 5 nitrogen and oxygen atoms in total. The highest BCUT2D eigenvalue weighted by Gasteiger charge is 1.94. The summed E-state index contributed by atoms with van der Waals surface area (Å²) < 4.78 is 0. The van der Waals surface area contributed by atoms with Crippen molar-refractivity contribution in [3.05, 3.63) is 35.4 Å². The number of nitrogens with two attached hydrogens (primary N) is 2. The van der Waals surface area contributed by atoms with E-state index in [4.69, 9.17) is 16.7 Å². The molecule has 1 rings (SSSR count). The fourth-order valence-corrected chi connectivity index (χ4v) is 1.13. The summed E-state index contributed by atoms with van der Waals surface area (Å²) in [6.07, 6.45) is 1.70. The Kier molecular flexibility index (Phi) is 4.13. The zero-order valence-electron chi connectivity index (χ0n) is 8.27. The van der Waals surface area contributed by atoms with Gasteiger partial charge >= 0.3 is 0 Å². The minimum absolute atomic E-state index is 0.121. The Hall–Kier alpha value is -2.06. The average Bonchev–Trinajstić information content (AvgIpc) is 2.27. The molecule has 0 aliphatic heterocycles. The second-order valence-corrected chi connectivity index (χ2v) is 2.96. The van der Waals surface area contributed by atoms with Gasteiger partial charge in [0.25, 0.3) is 0 Å². The molecule has 0 amide bonds. The molecule has 0 saturated heterocycles. The normalized spacial score (nSPS) is 10.8. The van der Waals surface area contributed by atoms with Crippen molar-refractivity contribution < 1.29 is 0 Å². The smallest absolute Gasteiger partial charge is 0.202 e. The molecule has 0 aliphatic carbocycles. The maximum atomic E-state index is 8.28. The van der Waals surface area contributed by atoms with Crippen LogP contribution in [-0.4, -0.2) is 5.96 Å². The Balaban J connectivity index is 2.65. The lowest BCUT2D eigenvalue weighted by atomic mass is 10.1. The lowest BCUT2D eigenvalue weighted by molar-refractivity contribution is 1.01. The molecule has 0 unspecified atom stereocenters. The number of aliphatic imine (C=N–C) groups is 1. The van der Waals surface area contributed by atoms with Crippen LogP contribution in [0.25, 0.3) is 0 Å². The second-order valence-electron chi connectivity index (χ2n) is 2.96. The van der Waals surface area contributed by atoms with Crippen LogP contribution in [-0.2, 0) is 13.1 Å². The molecule has 0 fully saturated rings. The van der Waals surface area contributed by atoms with Gasteiger partial charge in [0, 0.05) is 6.54 Å². The minimum Gasteiger partial charge on any atom is -0.369 e. The number of hydrogen-bond donors (Lipinski definition) is 3. The first-order chi connectivity index (χ1) is 7.26. The molecule has 0 aliphatic rings. The van der Waals surface area contributed by atoms with Gasteiger partial charge < -0.3 is 11.5 Å². The highest BCUT2D eigenvalue weighted by molar-refractivity contribution is 5.79. The number of nitrogens with one attached hydrogen (secondary N) is 1. The number of benzene rings is 1. The van der Waals surface area contributed by atoms with E-state index in [1.54, 1.807) is 6.19 Å². The van der Waals surface area contributed by atoms with Gasteiger partial charge in [-0.25, -0.2) is 4.99 Å². The Labute approximate surface area is 88.4 Å². The molecule has 15 heavy (non-hydrogen) atoms. The van der Waals surface area contributed by atoms with Crippen molar-refractivity contribution >= 4 is 5.96 Å². The summed E-state index contributed by atoms with van der Waals surface area (Å²) >= 11 is 0. The first kappa shape index (κ1) is 11.0. The van der Waals surface area contributed by atoms with E-state index in [0.717, 1.165) is 11.1 Å². The van der Waals surface area contributed by atoms with E-state index in [1.165, 1.54) is 0 Å². The van der Waals surface area contributed by atoms with E-state index in [-0.39, 0.29) is 5.96 Å². The number of guanidine groups is 1. The molecular weight excluding hydrogens is 190 g/mol. The van der Waals surface area contributed by atoms with Crippen molar-refractivity contribution in [2.24, 2.45) is 16.5 Å². The number of rotatable bonds is 3. The van der Waals surface area contributed by atoms with Crippen molar-refractivity contribution in [3.63, 3.8) is 0 Å². The summed E-state index contributed by atoms with van der Waals surface area (Å²) in [5.74, 6) is 0.121. The highest BCUT2D eigenvalue weighted by atomic mass is 15.1. The van der Waals surface area contributed by atoms with Crippen LogP contribution in [0.4, 0.5) is 0 Å². The quantitative estimate of drug-likeness (QED) is 0.279. The van der Waals surface area contributed by atoms with Crippen LogP contribution in [0.3, 0.4) is 0 Å². The van der Waals surface area contributed by atoms with Gasteiger partial charge in [0.05, 0.1) is 6.54 Å². The molecule has 1 aromatic rings. The predicted octanol–water partition coefficient (Wildman–Crippen LogP) is 0.0307. The van der Waals surface area contributed by atoms with Gasteiger partial charge in [-0.2, -0.15) is 5.26 Å². The summed E-state index contributed by atoms with van der Waals surface area (Å²) in [6, 6.07) is 7.76. The molecule has 0 bridgehead atoms. The topological polar surface area (TPSA) is 100 Å². The van der Waals surface area contributed by atoms with E-state index in [1.807, 2.05) is 24.3 Å². The third-order valence-electron chi connectivity index (χ3n) is 1.84. The largest absolute Gasteiger partial charge is 0.369 e. The van der Waals surface area contributed by atoms with Crippen LogP contribution in [0, 0.1) is 11.5 Å². The molecular formula is C10H13N5. The van der Waals surface area contributed by atoms with Crippen molar-refractivity contribution in [1.82, 2.24) is 5.32 Å². The monoisotopic (exact) mass is 203 g/mol. The average molecular weight is 203 g/mol. The number of nitrogens with zero attached hydrogens (tertiary/aromatic N) is 2. The van der Waals surface area contributed by atoms with Gasteiger partial charge in [-0.15, -0.1) is 0 Å². The molecule has 1 aromatic carbocycles. The van der Waals surface area contributed by atoms with E-state index >= 15 is 0 Å². The lowest BCUT2D eigenvalue weighted by Gasteiger charge is -2.01. The second kappa shape index (κ2) is 5.62. The first-order valence-corrected chi connectivity index (χ1v) is 4.49. The fourth-order valence-electron chi connectivity index (χ4n) is 1.13. The van der Waals surface area contributed by atoms with Crippen LogP contribution < -0.4 is 16.8 Å². The van der Waals surface area contributed by atoms with E-state index in [9.17, 15) is 0 Å². The zero-order chi connectivity index (χ0) is 11.1. The molecule has 0 saturated carbocycles. The molecule has 0 aromatic heterocycles. The van der Waals surface area contributed by atoms with Gasteiger partial charge in [0.1, 0.15) is 0 Å². The van der Waals surface area contributed by atoms with E-state index in [0.29, 0.717) is 13.1 Å². The SMILES string of the molecule is N#CNC(N)=NCc1cccc(CN)c1. The molecule has 0 heterocycles. The summed E-state index contributed by atoms with van der Waals surface area (Å²) in [5, 5.41) is 10.5. The summed E-state index contributed by atoms with van der Waals surface area (Å²) in [7, 11) is 0. The maximum Gasteiger partial charge on any atom is 0.202 e. The van der Waals surface area contributed by atoms with Gasteiger partial charge in [0.15, 0.2) is 6.19 Å². The Morgan fingerprint density at radius 2 is 2.20 bits per heavy atom. The zero-order valence-corrected chi connectivity index (χ0v) is 8.27. The fraction of sp³-hybridized carbons (Fsp3) is 0.200. The van der Waals surface area contributed by atoms with Gasteiger partial charge in [-0.3, -0.25) is 5.32 Å². The summed E-state index contributed by atoms with van der Waals surface area (Å²) in [4.78, 5) is 3.98. The van der Waals surface area contributed by atoms with Gasteiger partial charge in [-0.05, 0) is 11.1 Å². The van der Waals surface area contributed by atoms with Crippen molar-refractivity contribution in [2.75, 3.05) is 0 Å². The van der Waals surface area contributed by atoms with E-state index in [2.05, 4.69) is 10.3 Å².